The lowest BCUT2D eigenvalue weighted by Gasteiger charge is -2.37. The van der Waals surface area contributed by atoms with Crippen LogP contribution in [0, 0.1) is 0 Å². The molecular weight excluding hydrogens is 316 g/mol. The van der Waals surface area contributed by atoms with E-state index in [0.717, 1.165) is 0 Å². The van der Waals surface area contributed by atoms with E-state index in [9.17, 15) is 5.11 Å². The molecule has 23 heavy (non-hydrogen) atoms. The number of hydrogen-bond donors (Lipinski definition) is 1. The number of aliphatic hydroxyl groups excluding tert-OH is 1. The first kappa shape index (κ1) is 19.3. The Morgan fingerprint density at radius 3 is 2.35 bits per heavy atom. The Labute approximate surface area is 140 Å². The van der Waals surface area contributed by atoms with Crippen molar-refractivity contribution in [1.29, 1.82) is 0 Å². The first-order chi connectivity index (χ1) is 10.4. The van der Waals surface area contributed by atoms with E-state index in [4.69, 9.17) is 23.4 Å². The molecule has 0 aromatic heterocycles. The number of methoxy groups -OCH3 is 1. The first-order valence-electron chi connectivity index (χ1n) is 8.24. The molecule has 0 saturated carbocycles. The largest absolute Gasteiger partial charge is 0.414 e. The number of ether oxygens (including phenoxy) is 4. The molecule has 0 bridgehead atoms. The summed E-state index contributed by atoms with van der Waals surface area (Å²) in [5.74, 6) is -0.695. The summed E-state index contributed by atoms with van der Waals surface area (Å²) in [5.41, 5.74) is 0. The summed E-state index contributed by atoms with van der Waals surface area (Å²) in [6.45, 7) is 14.7. The van der Waals surface area contributed by atoms with Gasteiger partial charge in [0.2, 0.25) is 0 Å². The molecule has 0 aliphatic carbocycles. The molecule has 2 fully saturated rings. The summed E-state index contributed by atoms with van der Waals surface area (Å²) >= 11 is 0. The van der Waals surface area contributed by atoms with E-state index < -0.39 is 32.6 Å². The lowest BCUT2D eigenvalue weighted by atomic mass is 10.1. The van der Waals surface area contributed by atoms with Gasteiger partial charge in [-0.2, -0.15) is 0 Å². The third-order valence-electron chi connectivity index (χ3n) is 5.10. The van der Waals surface area contributed by atoms with Crippen LogP contribution < -0.4 is 0 Å². The van der Waals surface area contributed by atoms with Gasteiger partial charge < -0.3 is 28.5 Å². The van der Waals surface area contributed by atoms with Gasteiger partial charge in [0, 0.05) is 7.11 Å². The zero-order chi connectivity index (χ0) is 17.6. The second-order valence-electron chi connectivity index (χ2n) is 8.41. The van der Waals surface area contributed by atoms with Crippen LogP contribution in [0.25, 0.3) is 0 Å². The van der Waals surface area contributed by atoms with Crippen molar-refractivity contribution in [1.82, 2.24) is 0 Å². The van der Waals surface area contributed by atoms with Crippen molar-refractivity contribution in [3.63, 3.8) is 0 Å². The number of aliphatic hydroxyl groups is 1. The van der Waals surface area contributed by atoms with Gasteiger partial charge >= 0.3 is 0 Å². The summed E-state index contributed by atoms with van der Waals surface area (Å²) in [7, 11) is -0.324. The van der Waals surface area contributed by atoms with E-state index in [1.54, 1.807) is 7.11 Å². The van der Waals surface area contributed by atoms with Gasteiger partial charge in [0.1, 0.15) is 24.4 Å². The second kappa shape index (κ2) is 6.37. The van der Waals surface area contributed by atoms with Crippen LogP contribution in [0.1, 0.15) is 34.6 Å². The van der Waals surface area contributed by atoms with Gasteiger partial charge in [0.25, 0.3) is 0 Å². The van der Waals surface area contributed by atoms with E-state index in [0.29, 0.717) is 0 Å². The summed E-state index contributed by atoms with van der Waals surface area (Å²) < 4.78 is 29.0. The third-order valence-corrected chi connectivity index (χ3v) is 9.60. The number of rotatable bonds is 5. The molecule has 2 saturated heterocycles. The van der Waals surface area contributed by atoms with E-state index in [1.165, 1.54) is 0 Å². The van der Waals surface area contributed by atoms with Gasteiger partial charge in [-0.15, -0.1) is 0 Å². The highest BCUT2D eigenvalue weighted by Crippen LogP contribution is 2.40. The minimum absolute atomic E-state index is 0.0939. The Morgan fingerprint density at radius 2 is 1.83 bits per heavy atom. The van der Waals surface area contributed by atoms with Crippen LogP contribution in [0.15, 0.2) is 0 Å². The van der Waals surface area contributed by atoms with E-state index in [-0.39, 0.29) is 23.9 Å². The second-order valence-corrected chi connectivity index (χ2v) is 13.2. The van der Waals surface area contributed by atoms with Gasteiger partial charge in [-0.3, -0.25) is 0 Å². The quantitative estimate of drug-likeness (QED) is 0.769. The van der Waals surface area contributed by atoms with Gasteiger partial charge in [-0.1, -0.05) is 20.8 Å². The van der Waals surface area contributed by atoms with E-state index in [1.807, 2.05) is 13.8 Å². The molecular formula is C16H32O6Si. The molecule has 2 heterocycles. The lowest BCUT2D eigenvalue weighted by molar-refractivity contribution is -0.229. The van der Waals surface area contributed by atoms with Gasteiger partial charge in [-0.05, 0) is 32.0 Å². The van der Waals surface area contributed by atoms with Gasteiger partial charge in [0.05, 0.1) is 6.61 Å². The Kier molecular flexibility index (Phi) is 5.34. The maximum absolute atomic E-state index is 10.5. The normalized spacial score (nSPS) is 35.3. The average molecular weight is 349 g/mol. The number of hydrogen-bond acceptors (Lipinski definition) is 6. The van der Waals surface area contributed by atoms with Crippen LogP contribution in [-0.2, 0) is 23.4 Å². The molecule has 2 rings (SSSR count). The fraction of sp³-hybridized carbons (Fsp3) is 1.00. The minimum atomic E-state index is -1.92. The predicted molar refractivity (Wildman–Crippen MR) is 88.7 cm³/mol. The van der Waals surface area contributed by atoms with Crippen molar-refractivity contribution in [2.24, 2.45) is 0 Å². The van der Waals surface area contributed by atoms with Crippen LogP contribution in [0.3, 0.4) is 0 Å². The topological polar surface area (TPSA) is 66.4 Å². The molecule has 2 aliphatic heterocycles. The molecule has 136 valence electrons. The fourth-order valence-electron chi connectivity index (χ4n) is 2.69. The monoisotopic (exact) mass is 348 g/mol. The van der Waals surface area contributed by atoms with E-state index >= 15 is 0 Å². The molecule has 0 radical (unpaired) electrons. The highest BCUT2D eigenvalue weighted by molar-refractivity contribution is 6.74. The van der Waals surface area contributed by atoms with Gasteiger partial charge in [-0.25, -0.2) is 0 Å². The van der Waals surface area contributed by atoms with Crippen LogP contribution in [-0.4, -0.2) is 63.6 Å². The Morgan fingerprint density at radius 1 is 1.22 bits per heavy atom. The van der Waals surface area contributed by atoms with Crippen molar-refractivity contribution in [3.8, 4) is 0 Å². The maximum Gasteiger partial charge on any atom is 0.192 e. The molecule has 0 aromatic carbocycles. The Hall–Kier alpha value is -0.0231. The molecule has 0 spiro atoms. The number of fused-ring (bicyclic) bond motifs is 1. The van der Waals surface area contributed by atoms with Crippen LogP contribution >= 0.6 is 0 Å². The maximum atomic E-state index is 10.5. The Balaban J connectivity index is 1.97. The highest BCUT2D eigenvalue weighted by atomic mass is 28.4. The minimum Gasteiger partial charge on any atom is -0.414 e. The summed E-state index contributed by atoms with van der Waals surface area (Å²) in [6, 6.07) is 0. The fourth-order valence-corrected chi connectivity index (χ4v) is 3.71. The molecule has 7 heteroatoms. The molecule has 0 unspecified atom stereocenters. The van der Waals surface area contributed by atoms with E-state index in [2.05, 4.69) is 33.9 Å². The highest BCUT2D eigenvalue weighted by Gasteiger charge is 2.57. The first-order valence-corrected chi connectivity index (χ1v) is 11.1. The van der Waals surface area contributed by atoms with Crippen molar-refractivity contribution in [2.75, 3.05) is 13.7 Å². The summed E-state index contributed by atoms with van der Waals surface area (Å²) in [5, 5.41) is 10.6. The molecule has 6 nitrogen and oxygen atoms in total. The van der Waals surface area contributed by atoms with Gasteiger partial charge in [0.15, 0.2) is 20.4 Å². The standard InChI is InChI=1S/C16H32O6Si/c1-15(2,3)23(7,8)19-9-10(17)11-12(18-6)13-14(20-11)22-16(4,5)21-13/h10-14,17H,9H2,1-8H3/t10-,11-,12+,13-,14-/m1/s1. The molecule has 5 atom stereocenters. The summed E-state index contributed by atoms with van der Waals surface area (Å²) in [4.78, 5) is 0. The molecule has 2 aliphatic rings. The van der Waals surface area contributed by atoms with Crippen LogP contribution in [0.5, 0.6) is 0 Å². The molecule has 0 amide bonds. The SMILES string of the molecule is CO[C@@H]1[C@H]2OC(C)(C)O[C@H]2O[C@@H]1[C@H](O)CO[Si](C)(C)C(C)(C)C. The van der Waals surface area contributed by atoms with Crippen molar-refractivity contribution >= 4 is 8.32 Å². The van der Waals surface area contributed by atoms with Crippen LogP contribution in [0.4, 0.5) is 0 Å². The smallest absolute Gasteiger partial charge is 0.192 e. The average Bonchev–Trinajstić information content (AvgIpc) is 2.85. The van der Waals surface area contributed by atoms with Crippen molar-refractivity contribution < 1.29 is 28.5 Å². The molecule has 0 aromatic rings. The third kappa shape index (κ3) is 3.97. The summed E-state index contributed by atoms with van der Waals surface area (Å²) in [6.07, 6.45) is -2.52. The molecule has 1 N–H and O–H groups in total. The zero-order valence-corrected chi connectivity index (χ0v) is 16.6. The van der Waals surface area contributed by atoms with Crippen molar-refractivity contribution in [2.45, 2.75) is 89.2 Å². The van der Waals surface area contributed by atoms with Crippen LogP contribution in [0.2, 0.25) is 18.1 Å². The lowest BCUT2D eigenvalue weighted by Crippen LogP contribution is -2.48. The Bertz CT molecular complexity index is 419. The zero-order valence-electron chi connectivity index (χ0n) is 15.6. The van der Waals surface area contributed by atoms with Crippen molar-refractivity contribution in [3.05, 3.63) is 0 Å². The predicted octanol–water partition coefficient (Wildman–Crippen LogP) is 2.26.